The molecule has 0 bridgehead atoms. The van der Waals surface area contributed by atoms with E-state index in [4.69, 9.17) is 4.98 Å². The molecule has 0 unspecified atom stereocenters. The van der Waals surface area contributed by atoms with Crippen LogP contribution in [0.1, 0.15) is 44.3 Å². The van der Waals surface area contributed by atoms with Crippen LogP contribution in [-0.2, 0) is 6.42 Å². The Labute approximate surface area is 122 Å². The molecule has 1 atom stereocenters. The van der Waals surface area contributed by atoms with Crippen LogP contribution in [0.5, 0.6) is 0 Å². The first-order chi connectivity index (χ1) is 9.85. The highest BCUT2D eigenvalue weighted by atomic mass is 15.2. The SMILES string of the molecule is CN[C@@H]1CCN(c2ccnc(CCC3CCCC3)n2)C1. The first kappa shape index (κ1) is 13.8. The van der Waals surface area contributed by atoms with Crippen molar-refractivity contribution in [3.63, 3.8) is 0 Å². The van der Waals surface area contributed by atoms with Crippen LogP contribution in [0.15, 0.2) is 12.3 Å². The van der Waals surface area contributed by atoms with Gasteiger partial charge in [0.15, 0.2) is 0 Å². The van der Waals surface area contributed by atoms with Crippen molar-refractivity contribution in [3.05, 3.63) is 18.1 Å². The third kappa shape index (κ3) is 3.29. The number of likely N-dealkylation sites (N-methyl/N-ethyl adjacent to an activating group) is 1. The van der Waals surface area contributed by atoms with Crippen LogP contribution in [-0.4, -0.2) is 36.1 Å². The van der Waals surface area contributed by atoms with Crippen molar-refractivity contribution >= 4 is 5.82 Å². The molecule has 0 radical (unpaired) electrons. The van der Waals surface area contributed by atoms with Gasteiger partial charge in [0.05, 0.1) is 0 Å². The molecular weight excluding hydrogens is 248 g/mol. The molecule has 2 heterocycles. The molecule has 0 amide bonds. The lowest BCUT2D eigenvalue weighted by Crippen LogP contribution is -2.30. The zero-order valence-corrected chi connectivity index (χ0v) is 12.5. The molecule has 4 nitrogen and oxygen atoms in total. The second kappa shape index (κ2) is 6.53. The van der Waals surface area contributed by atoms with E-state index in [2.05, 4.69) is 21.3 Å². The second-order valence-corrected chi connectivity index (χ2v) is 6.24. The summed E-state index contributed by atoms with van der Waals surface area (Å²) in [7, 11) is 2.04. The fourth-order valence-electron chi connectivity index (χ4n) is 3.52. The number of hydrogen-bond donors (Lipinski definition) is 1. The Balaban J connectivity index is 1.58. The van der Waals surface area contributed by atoms with Gasteiger partial charge in [0.1, 0.15) is 11.6 Å². The minimum atomic E-state index is 0.604. The van der Waals surface area contributed by atoms with E-state index in [1.54, 1.807) is 0 Å². The molecule has 1 aliphatic heterocycles. The van der Waals surface area contributed by atoms with Gasteiger partial charge in [-0.25, -0.2) is 9.97 Å². The lowest BCUT2D eigenvalue weighted by Gasteiger charge is -2.18. The molecular formula is C16H26N4. The van der Waals surface area contributed by atoms with Crippen LogP contribution in [0.3, 0.4) is 0 Å². The Morgan fingerprint density at radius 1 is 1.30 bits per heavy atom. The molecule has 2 fully saturated rings. The number of aryl methyl sites for hydroxylation is 1. The zero-order valence-electron chi connectivity index (χ0n) is 12.5. The fraction of sp³-hybridized carbons (Fsp3) is 0.750. The number of anilines is 1. The van der Waals surface area contributed by atoms with Crippen LogP contribution in [0.25, 0.3) is 0 Å². The van der Waals surface area contributed by atoms with E-state index in [9.17, 15) is 0 Å². The summed E-state index contributed by atoms with van der Waals surface area (Å²) in [5, 5.41) is 3.36. The predicted molar refractivity (Wildman–Crippen MR) is 82.0 cm³/mol. The molecule has 4 heteroatoms. The summed E-state index contributed by atoms with van der Waals surface area (Å²) < 4.78 is 0. The van der Waals surface area contributed by atoms with E-state index in [-0.39, 0.29) is 0 Å². The molecule has 0 spiro atoms. The number of nitrogens with zero attached hydrogens (tertiary/aromatic N) is 3. The Hall–Kier alpha value is -1.16. The van der Waals surface area contributed by atoms with Crippen molar-refractivity contribution in [1.29, 1.82) is 0 Å². The van der Waals surface area contributed by atoms with Gasteiger partial charge in [0.25, 0.3) is 0 Å². The minimum Gasteiger partial charge on any atom is -0.355 e. The van der Waals surface area contributed by atoms with Gasteiger partial charge in [-0.2, -0.15) is 0 Å². The predicted octanol–water partition coefficient (Wildman–Crippen LogP) is 2.40. The molecule has 0 aromatic carbocycles. The Morgan fingerprint density at radius 2 is 2.15 bits per heavy atom. The van der Waals surface area contributed by atoms with E-state index < -0.39 is 0 Å². The summed E-state index contributed by atoms with van der Waals surface area (Å²) in [4.78, 5) is 11.6. The third-order valence-electron chi connectivity index (χ3n) is 4.86. The quantitative estimate of drug-likeness (QED) is 0.895. The number of aromatic nitrogens is 2. The van der Waals surface area contributed by atoms with E-state index in [0.29, 0.717) is 6.04 Å². The van der Waals surface area contributed by atoms with E-state index >= 15 is 0 Å². The molecule has 1 aromatic rings. The lowest BCUT2D eigenvalue weighted by molar-refractivity contribution is 0.497. The highest BCUT2D eigenvalue weighted by molar-refractivity contribution is 5.39. The van der Waals surface area contributed by atoms with Crippen molar-refractivity contribution in [1.82, 2.24) is 15.3 Å². The molecule has 1 aliphatic carbocycles. The minimum absolute atomic E-state index is 0.604. The van der Waals surface area contributed by atoms with Crippen LogP contribution in [0, 0.1) is 5.92 Å². The highest BCUT2D eigenvalue weighted by Crippen LogP contribution is 2.28. The largest absolute Gasteiger partial charge is 0.355 e. The Morgan fingerprint density at radius 3 is 2.90 bits per heavy atom. The summed E-state index contributed by atoms with van der Waals surface area (Å²) in [5.74, 6) is 3.06. The Kier molecular flexibility index (Phi) is 4.51. The van der Waals surface area contributed by atoms with Gasteiger partial charge in [0, 0.05) is 31.7 Å². The van der Waals surface area contributed by atoms with Gasteiger partial charge < -0.3 is 10.2 Å². The van der Waals surface area contributed by atoms with Crippen molar-refractivity contribution < 1.29 is 0 Å². The van der Waals surface area contributed by atoms with E-state index in [1.807, 2.05) is 13.2 Å². The zero-order chi connectivity index (χ0) is 13.8. The summed E-state index contributed by atoms with van der Waals surface area (Å²) in [6.45, 7) is 2.17. The Bertz CT molecular complexity index is 428. The summed E-state index contributed by atoms with van der Waals surface area (Å²) in [6.07, 6.45) is 11.1. The maximum Gasteiger partial charge on any atom is 0.132 e. The van der Waals surface area contributed by atoms with Crippen molar-refractivity contribution in [2.24, 2.45) is 5.92 Å². The summed E-state index contributed by atoms with van der Waals surface area (Å²) in [5.41, 5.74) is 0. The normalized spacial score (nSPS) is 23.6. The van der Waals surface area contributed by atoms with Crippen LogP contribution in [0.4, 0.5) is 5.82 Å². The number of hydrogen-bond acceptors (Lipinski definition) is 4. The smallest absolute Gasteiger partial charge is 0.132 e. The third-order valence-corrected chi connectivity index (χ3v) is 4.86. The molecule has 2 aliphatic rings. The first-order valence-corrected chi connectivity index (χ1v) is 8.09. The molecule has 1 N–H and O–H groups in total. The van der Waals surface area contributed by atoms with Crippen LogP contribution >= 0.6 is 0 Å². The lowest BCUT2D eigenvalue weighted by atomic mass is 10.0. The number of rotatable bonds is 5. The van der Waals surface area contributed by atoms with Gasteiger partial charge in [-0.15, -0.1) is 0 Å². The topological polar surface area (TPSA) is 41.0 Å². The average Bonchev–Trinajstić information content (AvgIpc) is 3.16. The molecule has 3 rings (SSSR count). The summed E-state index contributed by atoms with van der Waals surface area (Å²) >= 11 is 0. The van der Waals surface area contributed by atoms with Gasteiger partial charge in [-0.05, 0) is 31.9 Å². The van der Waals surface area contributed by atoms with Crippen LogP contribution in [0.2, 0.25) is 0 Å². The average molecular weight is 274 g/mol. The van der Waals surface area contributed by atoms with E-state index in [1.165, 1.54) is 38.5 Å². The molecule has 110 valence electrons. The van der Waals surface area contributed by atoms with Gasteiger partial charge in [0.2, 0.25) is 0 Å². The standard InChI is InChI=1S/C16H26N4/c1-17-14-9-11-20(12-14)16-8-10-18-15(19-16)7-6-13-4-2-3-5-13/h8,10,13-14,17H,2-7,9,11-12H2,1H3/t14-/m1/s1. The first-order valence-electron chi connectivity index (χ1n) is 8.09. The van der Waals surface area contributed by atoms with Gasteiger partial charge in [-0.3, -0.25) is 0 Å². The molecule has 1 saturated heterocycles. The summed E-state index contributed by atoms with van der Waals surface area (Å²) in [6, 6.07) is 2.66. The molecule has 20 heavy (non-hydrogen) atoms. The maximum atomic E-state index is 4.77. The fourth-order valence-corrected chi connectivity index (χ4v) is 3.52. The highest BCUT2D eigenvalue weighted by Gasteiger charge is 2.22. The van der Waals surface area contributed by atoms with Crippen LogP contribution < -0.4 is 10.2 Å². The van der Waals surface area contributed by atoms with Gasteiger partial charge in [-0.1, -0.05) is 25.7 Å². The van der Waals surface area contributed by atoms with Crippen molar-refractivity contribution in [2.45, 2.75) is 51.0 Å². The van der Waals surface area contributed by atoms with Crippen molar-refractivity contribution in [3.8, 4) is 0 Å². The maximum absolute atomic E-state index is 4.77. The number of nitrogens with one attached hydrogen (secondary N) is 1. The van der Waals surface area contributed by atoms with E-state index in [0.717, 1.165) is 37.1 Å². The van der Waals surface area contributed by atoms with Gasteiger partial charge >= 0.3 is 0 Å². The molecule has 1 saturated carbocycles. The molecule has 1 aromatic heterocycles. The second-order valence-electron chi connectivity index (χ2n) is 6.24. The monoisotopic (exact) mass is 274 g/mol. The van der Waals surface area contributed by atoms with Crippen molar-refractivity contribution in [2.75, 3.05) is 25.0 Å².